The second kappa shape index (κ2) is 8.12. The number of rotatable bonds is 7. The fourth-order valence-electron chi connectivity index (χ4n) is 4.46. The highest BCUT2D eigenvalue weighted by Crippen LogP contribution is 2.55. The summed E-state index contributed by atoms with van der Waals surface area (Å²) in [6.45, 7) is 1.95. The maximum absolute atomic E-state index is 13.9. The summed E-state index contributed by atoms with van der Waals surface area (Å²) in [5, 5.41) is 19.2. The van der Waals surface area contributed by atoms with E-state index in [0.717, 1.165) is 30.2 Å². The summed E-state index contributed by atoms with van der Waals surface area (Å²) in [4.78, 5) is 13.8. The third-order valence-corrected chi connectivity index (χ3v) is 7.71. The van der Waals surface area contributed by atoms with E-state index in [1.807, 2.05) is 4.90 Å². The molecule has 2 aromatic carbocycles. The first-order chi connectivity index (χ1) is 15.7. The van der Waals surface area contributed by atoms with Crippen LogP contribution in [-0.4, -0.2) is 61.8 Å². The minimum absolute atomic E-state index is 0.103. The minimum atomic E-state index is -4.24. The van der Waals surface area contributed by atoms with Crippen LogP contribution in [0.4, 0.5) is 10.1 Å². The number of nitrogens with zero attached hydrogens (tertiary/aromatic N) is 1. The van der Waals surface area contributed by atoms with Crippen molar-refractivity contribution in [2.45, 2.75) is 23.3 Å². The predicted octanol–water partition coefficient (Wildman–Crippen LogP) is 2.51. The van der Waals surface area contributed by atoms with Crippen LogP contribution in [0.3, 0.4) is 0 Å². The Morgan fingerprint density at radius 3 is 2.79 bits per heavy atom. The van der Waals surface area contributed by atoms with E-state index in [0.29, 0.717) is 32.2 Å². The number of aromatic carboxylic acids is 1. The van der Waals surface area contributed by atoms with Crippen LogP contribution in [0.25, 0.3) is 6.08 Å². The Labute approximate surface area is 190 Å². The van der Waals surface area contributed by atoms with E-state index in [-0.39, 0.29) is 39.5 Å². The Balaban J connectivity index is 1.45. The Morgan fingerprint density at radius 2 is 2.06 bits per heavy atom. The van der Waals surface area contributed by atoms with Gasteiger partial charge in [-0.1, -0.05) is 18.2 Å². The Bertz CT molecular complexity index is 1260. The zero-order chi connectivity index (χ0) is 23.3. The lowest BCUT2D eigenvalue weighted by atomic mass is 10.0. The number of benzene rings is 2. The normalized spacial score (nSPS) is 22.2. The molecule has 1 aliphatic carbocycles. The summed E-state index contributed by atoms with van der Waals surface area (Å²) in [7, 11) is -4.24. The van der Waals surface area contributed by atoms with Crippen LogP contribution < -0.4 is 9.46 Å². The number of likely N-dealkylation sites (tertiary alicyclic amines) is 1. The van der Waals surface area contributed by atoms with Gasteiger partial charge in [-0.3, -0.25) is 9.62 Å². The number of sulfonamides is 1. The largest absolute Gasteiger partial charge is 0.492 e. The third-order valence-electron chi connectivity index (χ3n) is 6.27. The molecule has 174 valence electrons. The fourth-order valence-corrected chi connectivity index (χ4v) is 5.72. The number of nitrogens with one attached hydrogen (secondary N) is 1. The van der Waals surface area contributed by atoms with Crippen LogP contribution in [0.2, 0.25) is 0 Å². The molecule has 33 heavy (non-hydrogen) atoms. The van der Waals surface area contributed by atoms with Gasteiger partial charge in [0.25, 0.3) is 10.0 Å². The van der Waals surface area contributed by atoms with Crippen molar-refractivity contribution in [2.75, 3.05) is 31.0 Å². The van der Waals surface area contributed by atoms with Crippen LogP contribution in [0.1, 0.15) is 33.8 Å². The first-order valence-corrected chi connectivity index (χ1v) is 12.1. The highest BCUT2D eigenvalue weighted by atomic mass is 32.2. The molecule has 2 fully saturated rings. The molecule has 8 nitrogen and oxygen atoms in total. The molecule has 2 heterocycles. The summed E-state index contributed by atoms with van der Waals surface area (Å²) >= 11 is 0. The highest BCUT2D eigenvalue weighted by molar-refractivity contribution is 7.92. The molecule has 3 N–H and O–H groups in total. The number of hydrogen-bond donors (Lipinski definition) is 3. The monoisotopic (exact) mass is 474 g/mol. The van der Waals surface area contributed by atoms with Gasteiger partial charge in [0.1, 0.15) is 17.1 Å². The van der Waals surface area contributed by atoms with Gasteiger partial charge in [0.05, 0.1) is 23.3 Å². The van der Waals surface area contributed by atoms with Crippen molar-refractivity contribution in [3.05, 3.63) is 58.9 Å². The number of aliphatic hydroxyl groups is 1. The van der Waals surface area contributed by atoms with Crippen molar-refractivity contribution in [1.29, 1.82) is 0 Å². The molecular formula is C23H23FN2O6S. The average Bonchev–Trinajstić information content (AvgIpc) is 3.51. The van der Waals surface area contributed by atoms with Gasteiger partial charge in [-0.25, -0.2) is 17.6 Å². The molecule has 0 aromatic heterocycles. The number of β-amino-alcohol motifs (C(OH)–C–C–N with tert-alkyl or cyclic N) is 1. The molecule has 1 saturated carbocycles. The molecule has 2 aliphatic heterocycles. The van der Waals surface area contributed by atoms with Crippen LogP contribution in [0, 0.1) is 11.7 Å². The molecule has 10 heteroatoms. The van der Waals surface area contributed by atoms with Gasteiger partial charge >= 0.3 is 5.97 Å². The number of hydrogen-bond acceptors (Lipinski definition) is 6. The van der Waals surface area contributed by atoms with E-state index in [1.54, 1.807) is 12.1 Å². The molecule has 5 rings (SSSR count). The van der Waals surface area contributed by atoms with Crippen molar-refractivity contribution < 1.29 is 32.6 Å². The van der Waals surface area contributed by atoms with Crippen molar-refractivity contribution >= 4 is 27.8 Å². The van der Waals surface area contributed by atoms with Crippen molar-refractivity contribution in [1.82, 2.24) is 4.90 Å². The lowest BCUT2D eigenvalue weighted by Crippen LogP contribution is -2.50. The maximum Gasteiger partial charge on any atom is 0.341 e. The minimum Gasteiger partial charge on any atom is -0.492 e. The third kappa shape index (κ3) is 4.21. The molecule has 2 unspecified atom stereocenters. The van der Waals surface area contributed by atoms with Gasteiger partial charge in [0.15, 0.2) is 0 Å². The fraction of sp³-hybridized carbons (Fsp3) is 0.348. The molecular weight excluding hydrogens is 451 g/mol. The zero-order valence-corrected chi connectivity index (χ0v) is 18.4. The quantitative estimate of drug-likeness (QED) is 0.565. The van der Waals surface area contributed by atoms with E-state index < -0.39 is 21.8 Å². The molecule has 0 spiro atoms. The summed E-state index contributed by atoms with van der Waals surface area (Å²) in [5.74, 6) is -1.05. The summed E-state index contributed by atoms with van der Waals surface area (Å²) in [5.41, 5.74) is 0.592. The first-order valence-electron chi connectivity index (χ1n) is 10.7. The molecule has 0 amide bonds. The molecule has 0 bridgehead atoms. The van der Waals surface area contributed by atoms with Crippen LogP contribution in [0.15, 0.2) is 41.3 Å². The van der Waals surface area contributed by atoms with Crippen LogP contribution in [-0.2, 0) is 10.0 Å². The van der Waals surface area contributed by atoms with E-state index in [9.17, 15) is 27.8 Å². The van der Waals surface area contributed by atoms with Gasteiger partial charge in [0.2, 0.25) is 0 Å². The number of anilines is 1. The van der Waals surface area contributed by atoms with Gasteiger partial charge in [-0.15, -0.1) is 0 Å². The van der Waals surface area contributed by atoms with E-state index in [2.05, 4.69) is 4.72 Å². The Morgan fingerprint density at radius 1 is 1.27 bits per heavy atom. The smallest absolute Gasteiger partial charge is 0.341 e. The molecule has 3 aliphatic rings. The van der Waals surface area contributed by atoms with Crippen molar-refractivity contribution in [2.24, 2.45) is 5.92 Å². The molecule has 1 saturated heterocycles. The van der Waals surface area contributed by atoms with Gasteiger partial charge in [-0.05, 0) is 47.7 Å². The Kier molecular flexibility index (Phi) is 5.38. The van der Waals surface area contributed by atoms with Crippen LogP contribution >= 0.6 is 0 Å². The first kappa shape index (κ1) is 21.9. The lowest BCUT2D eigenvalue weighted by molar-refractivity contribution is 0.00991. The molecule has 2 atom stereocenters. The molecule has 2 aromatic rings. The van der Waals surface area contributed by atoms with E-state index >= 15 is 0 Å². The second-order valence-corrected chi connectivity index (χ2v) is 10.3. The topological polar surface area (TPSA) is 116 Å². The number of fused-ring (bicyclic) bond motifs is 3. The average molecular weight is 475 g/mol. The van der Waals surface area contributed by atoms with Gasteiger partial charge < -0.3 is 14.9 Å². The van der Waals surface area contributed by atoms with Crippen molar-refractivity contribution in [3.63, 3.8) is 0 Å². The summed E-state index contributed by atoms with van der Waals surface area (Å²) in [6, 6.07) is 6.44. The highest BCUT2D eigenvalue weighted by Gasteiger charge is 2.45. The summed E-state index contributed by atoms with van der Waals surface area (Å²) < 4.78 is 48.3. The summed E-state index contributed by atoms with van der Waals surface area (Å²) in [6.07, 6.45) is 3.77. The van der Waals surface area contributed by atoms with E-state index in [4.69, 9.17) is 4.74 Å². The number of aliphatic hydroxyl groups excluding tert-OH is 1. The van der Waals surface area contributed by atoms with Crippen LogP contribution in [0.5, 0.6) is 5.75 Å². The molecule has 0 radical (unpaired) electrons. The van der Waals surface area contributed by atoms with Gasteiger partial charge in [0, 0.05) is 25.6 Å². The van der Waals surface area contributed by atoms with Gasteiger partial charge in [-0.2, -0.15) is 0 Å². The van der Waals surface area contributed by atoms with Crippen molar-refractivity contribution in [3.8, 4) is 5.75 Å². The standard InChI is InChI=1S/C23H23FN2O6S/c24-15-3-6-20(13(8-15)2-1-7-26-10-16(27)11-26)33(30,31)25-19-5-4-17-18-9-14(18)12-32-22(17)21(19)23(28)29/h1-6,8,14,16,18,25,27H,7,9-12H2,(H,28,29). The number of carboxylic acid groups (broad SMARTS) is 1. The Hall–Kier alpha value is -2.95. The number of carboxylic acids is 1. The predicted molar refractivity (Wildman–Crippen MR) is 118 cm³/mol. The van der Waals surface area contributed by atoms with E-state index in [1.165, 1.54) is 12.1 Å². The number of ether oxygens (including phenoxy) is 1. The second-order valence-electron chi connectivity index (χ2n) is 8.69. The number of carbonyl (C=O) groups is 1. The lowest BCUT2D eigenvalue weighted by Gasteiger charge is -2.34. The maximum atomic E-state index is 13.9. The number of halogens is 1. The zero-order valence-electron chi connectivity index (χ0n) is 17.6. The SMILES string of the molecule is O=C(O)c1c(NS(=O)(=O)c2ccc(F)cc2C=CCN2CC(O)C2)ccc2c1OCC1CC21.